The number of carbonyl (C=O) groups is 2. The summed E-state index contributed by atoms with van der Waals surface area (Å²) in [6, 6.07) is 6.31. The molecule has 2 N–H and O–H groups in total. The first-order chi connectivity index (χ1) is 13.0. The number of carbonyl (C=O) groups excluding carboxylic acids is 2. The average molecular weight is 389 g/mol. The summed E-state index contributed by atoms with van der Waals surface area (Å²) in [6.07, 6.45) is 1.38. The second-order valence-corrected chi connectivity index (χ2v) is 7.58. The van der Waals surface area contributed by atoms with Crippen LogP contribution in [0.25, 0.3) is 0 Å². The molecule has 1 fully saturated rings. The number of likely N-dealkylation sites (tertiary alicyclic amines) is 1. The summed E-state index contributed by atoms with van der Waals surface area (Å²) in [7, 11) is 1.55. The van der Waals surface area contributed by atoms with E-state index in [9.17, 15) is 9.59 Å². The molecule has 1 aromatic carbocycles. The number of urea groups is 1. The Morgan fingerprint density at radius 2 is 2.04 bits per heavy atom. The lowest BCUT2D eigenvalue weighted by Crippen LogP contribution is -2.45. The Labute approximate surface area is 161 Å². The van der Waals surface area contributed by atoms with Crippen LogP contribution in [0.1, 0.15) is 37.6 Å². The molecule has 1 aliphatic rings. The lowest BCUT2D eigenvalue weighted by atomic mass is 10.2. The standard InChI is InChI=1S/C18H23N5O3S/c1-11(2)16-21-22-17(27-16)20-15(24)13-8-6-10-23(13)18(25)19-12-7-4-5-9-14(12)26-3/h4-5,7,9,11,13H,6,8,10H2,1-3H3,(H,19,25)(H,20,22,24)/t13-/m1/s1. The lowest BCUT2D eigenvalue weighted by molar-refractivity contribution is -0.119. The Morgan fingerprint density at radius 3 is 2.74 bits per heavy atom. The molecule has 3 rings (SSSR count). The number of nitrogens with one attached hydrogen (secondary N) is 2. The van der Waals surface area contributed by atoms with Crippen LogP contribution in [0, 0.1) is 0 Å². The molecular formula is C18H23N5O3S. The molecule has 0 saturated carbocycles. The number of benzene rings is 1. The molecule has 1 aliphatic heterocycles. The average Bonchev–Trinajstić information content (AvgIpc) is 3.31. The number of anilines is 2. The zero-order valence-corrected chi connectivity index (χ0v) is 16.4. The number of ether oxygens (including phenoxy) is 1. The van der Waals surface area contributed by atoms with E-state index in [2.05, 4.69) is 20.8 Å². The third-order valence-electron chi connectivity index (χ3n) is 4.33. The van der Waals surface area contributed by atoms with Gasteiger partial charge in [0.15, 0.2) is 0 Å². The smallest absolute Gasteiger partial charge is 0.322 e. The highest BCUT2D eigenvalue weighted by molar-refractivity contribution is 7.15. The zero-order valence-electron chi connectivity index (χ0n) is 15.6. The number of amides is 3. The monoisotopic (exact) mass is 389 g/mol. The first-order valence-corrected chi connectivity index (χ1v) is 9.66. The van der Waals surface area contributed by atoms with Crippen LogP contribution in [0.3, 0.4) is 0 Å². The van der Waals surface area contributed by atoms with E-state index in [-0.39, 0.29) is 17.9 Å². The van der Waals surface area contributed by atoms with Gasteiger partial charge in [-0.2, -0.15) is 0 Å². The molecule has 1 aromatic heterocycles. The van der Waals surface area contributed by atoms with Gasteiger partial charge >= 0.3 is 6.03 Å². The van der Waals surface area contributed by atoms with E-state index in [1.807, 2.05) is 26.0 Å². The molecule has 1 saturated heterocycles. The third kappa shape index (κ3) is 4.36. The van der Waals surface area contributed by atoms with Crippen LogP contribution in [0.4, 0.5) is 15.6 Å². The predicted octanol–water partition coefficient (Wildman–Crippen LogP) is 3.31. The summed E-state index contributed by atoms with van der Waals surface area (Å²) in [5, 5.41) is 15.0. The van der Waals surface area contributed by atoms with Gasteiger partial charge in [-0.05, 0) is 25.0 Å². The SMILES string of the molecule is COc1ccccc1NC(=O)N1CCC[C@@H]1C(=O)Nc1nnc(C(C)C)s1. The van der Waals surface area contributed by atoms with Crippen molar-refractivity contribution in [2.75, 3.05) is 24.3 Å². The zero-order chi connectivity index (χ0) is 19.4. The quantitative estimate of drug-likeness (QED) is 0.818. The molecule has 8 nitrogen and oxygen atoms in total. The van der Waals surface area contributed by atoms with Crippen molar-refractivity contribution in [2.24, 2.45) is 0 Å². The van der Waals surface area contributed by atoms with Crippen LogP contribution in [0.15, 0.2) is 24.3 Å². The highest BCUT2D eigenvalue weighted by Crippen LogP contribution is 2.27. The van der Waals surface area contributed by atoms with E-state index < -0.39 is 6.04 Å². The molecule has 9 heteroatoms. The van der Waals surface area contributed by atoms with E-state index >= 15 is 0 Å². The van der Waals surface area contributed by atoms with Crippen LogP contribution >= 0.6 is 11.3 Å². The number of hydrogen-bond acceptors (Lipinski definition) is 6. The fourth-order valence-corrected chi connectivity index (χ4v) is 3.67. The molecular weight excluding hydrogens is 366 g/mol. The summed E-state index contributed by atoms with van der Waals surface area (Å²) < 4.78 is 5.26. The molecule has 2 aromatic rings. The normalized spacial score (nSPS) is 16.4. The highest BCUT2D eigenvalue weighted by Gasteiger charge is 2.35. The Balaban J connectivity index is 1.66. The maximum absolute atomic E-state index is 12.7. The minimum Gasteiger partial charge on any atom is -0.495 e. The molecule has 3 amide bonds. The minimum absolute atomic E-state index is 0.242. The van der Waals surface area contributed by atoms with Crippen molar-refractivity contribution in [2.45, 2.75) is 38.6 Å². The van der Waals surface area contributed by atoms with Crippen molar-refractivity contribution in [3.63, 3.8) is 0 Å². The number of hydrogen-bond donors (Lipinski definition) is 2. The van der Waals surface area contributed by atoms with E-state index in [0.717, 1.165) is 11.4 Å². The van der Waals surface area contributed by atoms with Gasteiger partial charge in [0.05, 0.1) is 12.8 Å². The van der Waals surface area contributed by atoms with E-state index in [4.69, 9.17) is 4.74 Å². The fraction of sp³-hybridized carbons (Fsp3) is 0.444. The minimum atomic E-state index is -0.536. The fourth-order valence-electron chi connectivity index (χ4n) is 2.92. The van der Waals surface area contributed by atoms with E-state index in [1.54, 1.807) is 24.1 Å². The number of nitrogens with zero attached hydrogens (tertiary/aromatic N) is 3. The molecule has 2 heterocycles. The van der Waals surface area contributed by atoms with Crippen molar-refractivity contribution in [1.82, 2.24) is 15.1 Å². The second kappa shape index (κ2) is 8.34. The van der Waals surface area contributed by atoms with Gasteiger partial charge in [0, 0.05) is 12.5 Å². The molecule has 1 atom stereocenters. The van der Waals surface area contributed by atoms with Gasteiger partial charge in [-0.1, -0.05) is 37.3 Å². The van der Waals surface area contributed by atoms with E-state index in [1.165, 1.54) is 11.3 Å². The maximum Gasteiger partial charge on any atom is 0.322 e. The van der Waals surface area contributed by atoms with Gasteiger partial charge in [0.2, 0.25) is 11.0 Å². The van der Waals surface area contributed by atoms with Crippen LogP contribution in [0.2, 0.25) is 0 Å². The van der Waals surface area contributed by atoms with Crippen LogP contribution in [-0.2, 0) is 4.79 Å². The second-order valence-electron chi connectivity index (χ2n) is 6.57. The Bertz CT molecular complexity index is 823. The largest absolute Gasteiger partial charge is 0.495 e. The van der Waals surface area contributed by atoms with Crippen molar-refractivity contribution < 1.29 is 14.3 Å². The van der Waals surface area contributed by atoms with Crippen molar-refractivity contribution >= 4 is 34.1 Å². The van der Waals surface area contributed by atoms with Gasteiger partial charge in [-0.3, -0.25) is 10.1 Å². The summed E-state index contributed by atoms with van der Waals surface area (Å²) in [5.41, 5.74) is 0.571. The molecule has 0 spiro atoms. The first kappa shape index (κ1) is 19.1. The Morgan fingerprint density at radius 1 is 1.26 bits per heavy atom. The number of para-hydroxylation sites is 2. The maximum atomic E-state index is 12.7. The van der Waals surface area contributed by atoms with Gasteiger partial charge in [-0.25, -0.2) is 4.79 Å². The third-order valence-corrected chi connectivity index (χ3v) is 5.47. The predicted molar refractivity (Wildman–Crippen MR) is 104 cm³/mol. The van der Waals surface area contributed by atoms with Crippen LogP contribution in [0.5, 0.6) is 5.75 Å². The van der Waals surface area contributed by atoms with E-state index in [0.29, 0.717) is 29.5 Å². The van der Waals surface area contributed by atoms with Gasteiger partial charge in [0.25, 0.3) is 0 Å². The molecule has 0 aliphatic carbocycles. The lowest BCUT2D eigenvalue weighted by Gasteiger charge is -2.24. The highest BCUT2D eigenvalue weighted by atomic mass is 32.1. The van der Waals surface area contributed by atoms with Gasteiger partial charge in [-0.15, -0.1) is 10.2 Å². The van der Waals surface area contributed by atoms with Crippen LogP contribution in [-0.4, -0.2) is 46.7 Å². The van der Waals surface area contributed by atoms with Crippen molar-refractivity contribution in [3.05, 3.63) is 29.3 Å². The van der Waals surface area contributed by atoms with Crippen molar-refractivity contribution in [1.29, 1.82) is 0 Å². The summed E-state index contributed by atoms with van der Waals surface area (Å²) in [4.78, 5) is 26.9. The number of rotatable bonds is 5. The van der Waals surface area contributed by atoms with Gasteiger partial charge < -0.3 is 15.0 Å². The number of aromatic nitrogens is 2. The molecule has 0 radical (unpaired) electrons. The topological polar surface area (TPSA) is 96.5 Å². The number of methoxy groups -OCH3 is 1. The molecule has 144 valence electrons. The van der Waals surface area contributed by atoms with Crippen molar-refractivity contribution in [3.8, 4) is 5.75 Å². The molecule has 27 heavy (non-hydrogen) atoms. The van der Waals surface area contributed by atoms with Crippen LogP contribution < -0.4 is 15.4 Å². The molecule has 0 unspecified atom stereocenters. The summed E-state index contributed by atoms with van der Waals surface area (Å²) in [6.45, 7) is 4.56. The Kier molecular flexibility index (Phi) is 5.90. The van der Waals surface area contributed by atoms with Gasteiger partial charge in [0.1, 0.15) is 16.8 Å². The summed E-state index contributed by atoms with van der Waals surface area (Å²) in [5.74, 6) is 0.581. The summed E-state index contributed by atoms with van der Waals surface area (Å²) >= 11 is 1.36. The Hall–Kier alpha value is -2.68. The first-order valence-electron chi connectivity index (χ1n) is 8.84. The molecule has 0 bridgehead atoms.